The second-order valence-corrected chi connectivity index (χ2v) is 6.08. The molecule has 1 aromatic carbocycles. The van der Waals surface area contributed by atoms with Crippen molar-refractivity contribution in [2.75, 3.05) is 33.9 Å². The van der Waals surface area contributed by atoms with Crippen molar-refractivity contribution in [1.29, 1.82) is 0 Å². The Kier molecular flexibility index (Phi) is 5.15. The molecule has 0 spiro atoms. The van der Waals surface area contributed by atoms with Gasteiger partial charge in [0.1, 0.15) is 11.4 Å². The van der Waals surface area contributed by atoms with Gasteiger partial charge in [-0.15, -0.1) is 0 Å². The van der Waals surface area contributed by atoms with E-state index in [0.717, 1.165) is 37.2 Å². The molecule has 3 rings (SSSR count). The Hall–Kier alpha value is -2.34. The third kappa shape index (κ3) is 3.43. The Morgan fingerprint density at radius 2 is 2.21 bits per heavy atom. The minimum Gasteiger partial charge on any atom is -0.496 e. The first-order valence-electron chi connectivity index (χ1n) is 8.20. The molecule has 1 amide bonds. The largest absolute Gasteiger partial charge is 0.496 e. The summed E-state index contributed by atoms with van der Waals surface area (Å²) in [5, 5.41) is 7.16. The molecule has 1 atom stereocenters. The summed E-state index contributed by atoms with van der Waals surface area (Å²) in [6, 6.07) is 9.43. The lowest BCUT2D eigenvalue weighted by atomic mass is 9.98. The van der Waals surface area contributed by atoms with Crippen LogP contribution in [0.2, 0.25) is 0 Å². The number of nitrogens with one attached hydrogen (secondary N) is 1. The first-order chi connectivity index (χ1) is 11.7. The highest BCUT2D eigenvalue weighted by molar-refractivity contribution is 5.93. The first-order valence-corrected chi connectivity index (χ1v) is 8.20. The van der Waals surface area contributed by atoms with Gasteiger partial charge >= 0.3 is 0 Å². The molecule has 1 fully saturated rings. The van der Waals surface area contributed by atoms with Crippen molar-refractivity contribution in [3.05, 3.63) is 36.0 Å². The summed E-state index contributed by atoms with van der Waals surface area (Å²) in [7, 11) is 3.33. The van der Waals surface area contributed by atoms with Crippen LogP contribution in [-0.4, -0.2) is 54.9 Å². The maximum Gasteiger partial charge on any atom is 0.271 e. The highest BCUT2D eigenvalue weighted by Gasteiger charge is 2.25. The predicted octanol–water partition coefficient (Wildman–Crippen LogP) is 2.58. The Labute approximate surface area is 141 Å². The number of aromatic nitrogens is 2. The summed E-state index contributed by atoms with van der Waals surface area (Å²) < 4.78 is 10.6. The van der Waals surface area contributed by atoms with Gasteiger partial charge in [-0.2, -0.15) is 5.10 Å². The number of H-pyrrole nitrogens is 1. The van der Waals surface area contributed by atoms with Crippen LogP contribution in [0.25, 0.3) is 11.3 Å². The van der Waals surface area contributed by atoms with Crippen molar-refractivity contribution in [3.63, 3.8) is 0 Å². The Bertz CT molecular complexity index is 696. The Morgan fingerprint density at radius 1 is 1.38 bits per heavy atom. The van der Waals surface area contributed by atoms with Crippen molar-refractivity contribution >= 4 is 5.91 Å². The molecular weight excluding hydrogens is 306 g/mol. The van der Waals surface area contributed by atoms with Crippen LogP contribution in [-0.2, 0) is 4.74 Å². The van der Waals surface area contributed by atoms with Crippen LogP contribution in [0.5, 0.6) is 5.75 Å². The fourth-order valence-corrected chi connectivity index (χ4v) is 3.22. The Morgan fingerprint density at radius 3 is 3.00 bits per heavy atom. The van der Waals surface area contributed by atoms with Gasteiger partial charge in [0.05, 0.1) is 19.4 Å². The van der Waals surface area contributed by atoms with Gasteiger partial charge in [-0.05, 0) is 37.0 Å². The van der Waals surface area contributed by atoms with E-state index >= 15 is 0 Å². The van der Waals surface area contributed by atoms with E-state index in [9.17, 15) is 4.79 Å². The SMILES string of the molecule is COCC1CCCN(C(=O)c2cc(-c3ccccc3OC)n[nH]2)C1. The van der Waals surface area contributed by atoms with Crippen LogP contribution in [0.4, 0.5) is 0 Å². The van der Waals surface area contributed by atoms with Gasteiger partial charge in [0.2, 0.25) is 0 Å². The van der Waals surface area contributed by atoms with E-state index in [0.29, 0.717) is 23.9 Å². The summed E-state index contributed by atoms with van der Waals surface area (Å²) in [6.45, 7) is 2.21. The number of amides is 1. The lowest BCUT2D eigenvalue weighted by molar-refractivity contribution is 0.0565. The number of methoxy groups -OCH3 is 2. The van der Waals surface area contributed by atoms with Crippen LogP contribution in [0.3, 0.4) is 0 Å². The van der Waals surface area contributed by atoms with E-state index in [-0.39, 0.29) is 5.91 Å². The number of nitrogens with zero attached hydrogens (tertiary/aromatic N) is 2. The van der Waals surface area contributed by atoms with Crippen molar-refractivity contribution in [3.8, 4) is 17.0 Å². The third-order valence-electron chi connectivity index (χ3n) is 4.40. The molecule has 1 N–H and O–H groups in total. The number of carbonyl (C=O) groups is 1. The topological polar surface area (TPSA) is 67.4 Å². The standard InChI is InChI=1S/C18H23N3O3/c1-23-12-13-6-5-9-21(11-13)18(22)16-10-15(19-20-16)14-7-3-4-8-17(14)24-2/h3-4,7-8,10,13H,5-6,9,11-12H2,1-2H3,(H,19,20). The number of benzene rings is 1. The van der Waals surface area contributed by atoms with E-state index in [4.69, 9.17) is 9.47 Å². The number of hydrogen-bond donors (Lipinski definition) is 1. The molecule has 2 aromatic rings. The van der Waals surface area contributed by atoms with Gasteiger partial charge < -0.3 is 14.4 Å². The summed E-state index contributed by atoms with van der Waals surface area (Å²) in [5.41, 5.74) is 2.08. The zero-order valence-electron chi connectivity index (χ0n) is 14.1. The molecule has 1 aliphatic rings. The van der Waals surface area contributed by atoms with Gasteiger partial charge in [-0.3, -0.25) is 9.89 Å². The number of aromatic amines is 1. The molecule has 0 saturated carbocycles. The molecule has 1 unspecified atom stereocenters. The van der Waals surface area contributed by atoms with Crippen molar-refractivity contribution in [1.82, 2.24) is 15.1 Å². The molecule has 0 bridgehead atoms. The lowest BCUT2D eigenvalue weighted by Crippen LogP contribution is -2.41. The molecule has 1 saturated heterocycles. The van der Waals surface area contributed by atoms with Gasteiger partial charge in [-0.1, -0.05) is 12.1 Å². The smallest absolute Gasteiger partial charge is 0.271 e. The molecule has 6 nitrogen and oxygen atoms in total. The molecule has 1 aliphatic heterocycles. The van der Waals surface area contributed by atoms with Gasteiger partial charge in [0.25, 0.3) is 5.91 Å². The van der Waals surface area contributed by atoms with Crippen molar-refractivity contribution in [2.24, 2.45) is 5.92 Å². The maximum absolute atomic E-state index is 12.7. The molecule has 2 heterocycles. The summed E-state index contributed by atoms with van der Waals surface area (Å²) >= 11 is 0. The van der Waals surface area contributed by atoms with Crippen molar-refractivity contribution < 1.29 is 14.3 Å². The minimum absolute atomic E-state index is 0.00977. The zero-order valence-corrected chi connectivity index (χ0v) is 14.1. The fraction of sp³-hybridized carbons (Fsp3) is 0.444. The van der Waals surface area contributed by atoms with Gasteiger partial charge in [-0.25, -0.2) is 0 Å². The zero-order chi connectivity index (χ0) is 16.9. The van der Waals surface area contributed by atoms with Gasteiger partial charge in [0, 0.05) is 25.8 Å². The van der Waals surface area contributed by atoms with Crippen LogP contribution >= 0.6 is 0 Å². The molecule has 24 heavy (non-hydrogen) atoms. The molecule has 128 valence electrons. The monoisotopic (exact) mass is 329 g/mol. The number of ether oxygens (including phenoxy) is 2. The molecule has 6 heteroatoms. The van der Waals surface area contributed by atoms with Crippen LogP contribution in [0, 0.1) is 5.92 Å². The van der Waals surface area contributed by atoms with Gasteiger partial charge in [0.15, 0.2) is 0 Å². The summed E-state index contributed by atoms with van der Waals surface area (Å²) in [4.78, 5) is 14.6. The normalized spacial score (nSPS) is 17.8. The first kappa shape index (κ1) is 16.5. The summed E-state index contributed by atoms with van der Waals surface area (Å²) in [5.74, 6) is 1.13. The third-order valence-corrected chi connectivity index (χ3v) is 4.40. The number of carbonyl (C=O) groups excluding carboxylic acids is 1. The van der Waals surface area contributed by atoms with Crippen LogP contribution in [0.1, 0.15) is 23.3 Å². The molecule has 0 radical (unpaired) electrons. The quantitative estimate of drug-likeness (QED) is 0.915. The van der Waals surface area contributed by atoms with Crippen LogP contribution in [0.15, 0.2) is 30.3 Å². The van der Waals surface area contributed by atoms with E-state index in [2.05, 4.69) is 10.2 Å². The molecular formula is C18H23N3O3. The summed E-state index contributed by atoms with van der Waals surface area (Å²) in [6.07, 6.45) is 2.11. The minimum atomic E-state index is -0.00977. The van der Waals surface area contributed by atoms with E-state index < -0.39 is 0 Å². The second-order valence-electron chi connectivity index (χ2n) is 6.08. The number of hydrogen-bond acceptors (Lipinski definition) is 4. The predicted molar refractivity (Wildman–Crippen MR) is 91.1 cm³/mol. The van der Waals surface area contributed by atoms with Crippen LogP contribution < -0.4 is 4.74 Å². The van der Waals surface area contributed by atoms with E-state index in [1.807, 2.05) is 29.2 Å². The fourth-order valence-electron chi connectivity index (χ4n) is 3.22. The van der Waals surface area contributed by atoms with E-state index in [1.54, 1.807) is 20.3 Å². The van der Waals surface area contributed by atoms with E-state index in [1.165, 1.54) is 0 Å². The number of para-hydroxylation sites is 1. The molecule has 1 aromatic heterocycles. The second kappa shape index (κ2) is 7.49. The number of likely N-dealkylation sites (tertiary alicyclic amines) is 1. The van der Waals surface area contributed by atoms with Crippen molar-refractivity contribution in [2.45, 2.75) is 12.8 Å². The highest BCUT2D eigenvalue weighted by Crippen LogP contribution is 2.28. The Balaban J connectivity index is 1.76. The lowest BCUT2D eigenvalue weighted by Gasteiger charge is -2.32. The molecule has 0 aliphatic carbocycles. The number of rotatable bonds is 5. The highest BCUT2D eigenvalue weighted by atomic mass is 16.5. The average Bonchev–Trinajstić information content (AvgIpc) is 3.11. The maximum atomic E-state index is 12.7. The number of piperidine rings is 1. The average molecular weight is 329 g/mol.